The van der Waals surface area contributed by atoms with E-state index in [0.29, 0.717) is 17.5 Å². The lowest BCUT2D eigenvalue weighted by molar-refractivity contribution is 0.660. The highest BCUT2D eigenvalue weighted by molar-refractivity contribution is 6.13. The average molecular weight is 744 g/mol. The highest BCUT2D eigenvalue weighted by Crippen LogP contribution is 2.49. The Kier molecular flexibility index (Phi) is 7.80. The summed E-state index contributed by atoms with van der Waals surface area (Å²) in [5, 5.41) is 2.21. The highest BCUT2D eigenvalue weighted by Gasteiger charge is 2.35. The molecule has 0 unspecified atom stereocenters. The van der Waals surface area contributed by atoms with Gasteiger partial charge in [-0.25, -0.2) is 15.0 Å². The Morgan fingerprint density at radius 1 is 0.345 bits per heavy atom. The predicted molar refractivity (Wildman–Crippen MR) is 237 cm³/mol. The van der Waals surface area contributed by atoms with Crippen molar-refractivity contribution in [3.8, 4) is 78.7 Å². The molecule has 0 N–H and O–H groups in total. The van der Waals surface area contributed by atoms with E-state index in [1.807, 2.05) is 18.2 Å². The zero-order valence-corrected chi connectivity index (χ0v) is 32.1. The van der Waals surface area contributed by atoms with Gasteiger partial charge in [-0.2, -0.15) is 0 Å². The summed E-state index contributed by atoms with van der Waals surface area (Å²) in [6.07, 6.45) is 0. The maximum Gasteiger partial charge on any atom is 0.164 e. The van der Waals surface area contributed by atoms with Crippen LogP contribution in [0.4, 0.5) is 0 Å². The van der Waals surface area contributed by atoms with Gasteiger partial charge in [-0.15, -0.1) is 0 Å². The Bertz CT molecular complexity index is 3200. The third-order valence-corrected chi connectivity index (χ3v) is 11.7. The molecule has 8 aromatic carbocycles. The van der Waals surface area contributed by atoms with Crippen molar-refractivity contribution in [1.82, 2.24) is 15.0 Å². The Morgan fingerprint density at radius 3 is 1.64 bits per heavy atom. The minimum atomic E-state index is -0.0769. The molecule has 0 spiro atoms. The molecule has 274 valence electrons. The molecular weight excluding hydrogens is 707 g/mol. The minimum Gasteiger partial charge on any atom is -0.456 e. The van der Waals surface area contributed by atoms with Crippen molar-refractivity contribution in [3.63, 3.8) is 0 Å². The summed E-state index contributed by atoms with van der Waals surface area (Å²) in [7, 11) is 0. The van der Waals surface area contributed by atoms with E-state index in [4.69, 9.17) is 19.4 Å². The van der Waals surface area contributed by atoms with Gasteiger partial charge in [-0.3, -0.25) is 0 Å². The predicted octanol–water partition coefficient (Wildman–Crippen LogP) is 14.1. The fraction of sp³-hybridized carbons (Fsp3) is 0.0556. The fourth-order valence-corrected chi connectivity index (χ4v) is 8.79. The van der Waals surface area contributed by atoms with Crippen LogP contribution >= 0.6 is 0 Å². The van der Waals surface area contributed by atoms with Gasteiger partial charge in [-0.05, 0) is 92.0 Å². The number of hydrogen-bond acceptors (Lipinski definition) is 4. The van der Waals surface area contributed by atoms with Crippen LogP contribution in [0.15, 0.2) is 192 Å². The van der Waals surface area contributed by atoms with E-state index in [9.17, 15) is 0 Å². The Balaban J connectivity index is 0.992. The molecule has 0 saturated heterocycles. The summed E-state index contributed by atoms with van der Waals surface area (Å²) < 4.78 is 6.57. The summed E-state index contributed by atoms with van der Waals surface area (Å²) in [5.41, 5.74) is 16.4. The summed E-state index contributed by atoms with van der Waals surface area (Å²) in [6.45, 7) is 4.60. The first-order valence-corrected chi connectivity index (χ1v) is 19.8. The van der Waals surface area contributed by atoms with Crippen LogP contribution in [-0.2, 0) is 5.41 Å². The highest BCUT2D eigenvalue weighted by atomic mass is 16.3. The largest absolute Gasteiger partial charge is 0.456 e. The molecule has 1 aliphatic rings. The molecule has 0 radical (unpaired) electrons. The molecule has 0 atom stereocenters. The van der Waals surface area contributed by atoms with Gasteiger partial charge in [0.25, 0.3) is 0 Å². The summed E-state index contributed by atoms with van der Waals surface area (Å²) in [5.74, 6) is 1.91. The van der Waals surface area contributed by atoms with Crippen molar-refractivity contribution in [2.45, 2.75) is 19.3 Å². The molecule has 11 rings (SSSR count). The Morgan fingerprint density at radius 2 is 0.862 bits per heavy atom. The minimum absolute atomic E-state index is 0.0769. The normalized spacial score (nSPS) is 12.8. The number of fused-ring (bicyclic) bond motifs is 6. The van der Waals surface area contributed by atoms with E-state index in [1.54, 1.807) is 0 Å². The number of benzene rings is 8. The van der Waals surface area contributed by atoms with Crippen LogP contribution in [0.3, 0.4) is 0 Å². The van der Waals surface area contributed by atoms with Crippen molar-refractivity contribution < 1.29 is 4.42 Å². The molecule has 4 heteroatoms. The zero-order chi connectivity index (χ0) is 38.8. The zero-order valence-electron chi connectivity index (χ0n) is 32.1. The van der Waals surface area contributed by atoms with Gasteiger partial charge < -0.3 is 4.42 Å². The molecule has 4 nitrogen and oxygen atoms in total. The second-order valence-electron chi connectivity index (χ2n) is 15.6. The second kappa shape index (κ2) is 13.4. The van der Waals surface area contributed by atoms with Gasteiger partial charge in [0.15, 0.2) is 17.5 Å². The van der Waals surface area contributed by atoms with Crippen LogP contribution in [0.5, 0.6) is 0 Å². The van der Waals surface area contributed by atoms with E-state index in [-0.39, 0.29) is 5.41 Å². The quantitative estimate of drug-likeness (QED) is 0.170. The van der Waals surface area contributed by atoms with Gasteiger partial charge in [-0.1, -0.05) is 166 Å². The first kappa shape index (κ1) is 33.9. The molecule has 2 heterocycles. The smallest absolute Gasteiger partial charge is 0.164 e. The van der Waals surface area contributed by atoms with Crippen molar-refractivity contribution in [3.05, 3.63) is 199 Å². The maximum absolute atomic E-state index is 6.57. The Hall–Kier alpha value is -7.43. The van der Waals surface area contributed by atoms with Gasteiger partial charge in [0.2, 0.25) is 0 Å². The van der Waals surface area contributed by atoms with Crippen LogP contribution in [0, 0.1) is 0 Å². The molecule has 0 bridgehead atoms. The molecule has 0 fully saturated rings. The summed E-state index contributed by atoms with van der Waals surface area (Å²) >= 11 is 0. The van der Waals surface area contributed by atoms with Crippen LogP contribution in [-0.4, -0.2) is 15.0 Å². The first-order valence-electron chi connectivity index (χ1n) is 19.8. The lowest BCUT2D eigenvalue weighted by atomic mass is 9.82. The standard InChI is InChI=1S/C54H37N3O/c1-54(2)46-24-10-9-22-43(46)45-32-41(27-29-47(45)54)53-56-51(35-16-7-4-8-17-35)55-52(57-53)40-21-12-19-37(31-40)38-26-28-44-49(33-38)58-48-25-13-23-42(50(44)48)39-20-11-18-36(30-39)34-14-5-3-6-15-34/h3-33H,1-2H3. The van der Waals surface area contributed by atoms with Gasteiger partial charge in [0, 0.05) is 32.9 Å². The second-order valence-corrected chi connectivity index (χ2v) is 15.6. The van der Waals surface area contributed by atoms with Crippen molar-refractivity contribution >= 4 is 21.9 Å². The fourth-order valence-electron chi connectivity index (χ4n) is 8.79. The third kappa shape index (κ3) is 5.64. The maximum atomic E-state index is 6.57. The van der Waals surface area contributed by atoms with Crippen molar-refractivity contribution in [2.24, 2.45) is 0 Å². The number of nitrogens with zero attached hydrogens (tertiary/aromatic N) is 3. The molecule has 0 amide bonds. The van der Waals surface area contributed by atoms with Gasteiger partial charge in [0.1, 0.15) is 11.2 Å². The number of hydrogen-bond donors (Lipinski definition) is 0. The van der Waals surface area contributed by atoms with Crippen molar-refractivity contribution in [1.29, 1.82) is 0 Å². The van der Waals surface area contributed by atoms with E-state index in [2.05, 4.69) is 184 Å². The molecule has 2 aromatic heterocycles. The molecule has 1 aliphatic carbocycles. The number of furan rings is 1. The Labute approximate surface area is 337 Å². The summed E-state index contributed by atoms with van der Waals surface area (Å²) in [6, 6.07) is 66.1. The number of rotatable bonds is 6. The number of aromatic nitrogens is 3. The van der Waals surface area contributed by atoms with E-state index in [0.717, 1.165) is 60.9 Å². The molecule has 0 saturated carbocycles. The van der Waals surface area contributed by atoms with Gasteiger partial charge >= 0.3 is 0 Å². The molecule has 10 aromatic rings. The average Bonchev–Trinajstić information content (AvgIpc) is 3.78. The molecule has 58 heavy (non-hydrogen) atoms. The first-order chi connectivity index (χ1) is 28.5. The molecular formula is C54H37N3O. The lowest BCUT2D eigenvalue weighted by Crippen LogP contribution is -2.14. The van der Waals surface area contributed by atoms with E-state index >= 15 is 0 Å². The monoisotopic (exact) mass is 743 g/mol. The van der Waals surface area contributed by atoms with Crippen LogP contribution in [0.25, 0.3) is 101 Å². The van der Waals surface area contributed by atoms with Crippen LogP contribution < -0.4 is 0 Å². The summed E-state index contributed by atoms with van der Waals surface area (Å²) in [4.78, 5) is 15.3. The SMILES string of the molecule is CC1(C)c2ccccc2-c2cc(-c3nc(-c4ccccc4)nc(-c4cccc(-c5ccc6c(c5)oc5cccc(-c7cccc(-c8ccccc8)c7)c56)c4)n3)ccc21. The molecule has 0 aliphatic heterocycles. The van der Waals surface area contributed by atoms with Crippen LogP contribution in [0.2, 0.25) is 0 Å². The third-order valence-electron chi connectivity index (χ3n) is 11.7. The van der Waals surface area contributed by atoms with Crippen molar-refractivity contribution in [2.75, 3.05) is 0 Å². The van der Waals surface area contributed by atoms with Gasteiger partial charge in [0.05, 0.1) is 0 Å². The lowest BCUT2D eigenvalue weighted by Gasteiger charge is -2.21. The van der Waals surface area contributed by atoms with E-state index in [1.165, 1.54) is 33.4 Å². The van der Waals surface area contributed by atoms with Crippen LogP contribution in [0.1, 0.15) is 25.0 Å². The van der Waals surface area contributed by atoms with E-state index < -0.39 is 0 Å². The topological polar surface area (TPSA) is 51.8 Å².